The molecule has 4 aromatic rings. The van der Waals surface area contributed by atoms with Gasteiger partial charge >= 0.3 is 0 Å². The van der Waals surface area contributed by atoms with Gasteiger partial charge in [-0.25, -0.2) is 14.6 Å². The lowest BCUT2D eigenvalue weighted by Crippen LogP contribution is -2.27. The molecule has 2 heterocycles. The summed E-state index contributed by atoms with van der Waals surface area (Å²) in [5.74, 6) is 0.894. The summed E-state index contributed by atoms with van der Waals surface area (Å²) in [5, 5.41) is 12.7. The van der Waals surface area contributed by atoms with Gasteiger partial charge in [-0.2, -0.15) is 0 Å². The van der Waals surface area contributed by atoms with Crippen LogP contribution in [0.3, 0.4) is 0 Å². The number of nitrogens with one attached hydrogen (secondary N) is 1. The molecule has 2 aromatic heterocycles. The van der Waals surface area contributed by atoms with Crippen molar-refractivity contribution in [3.8, 4) is 11.4 Å². The largest absolute Gasteiger partial charge is 0.497 e. The minimum absolute atomic E-state index is 0.259. The molecule has 0 aliphatic carbocycles. The van der Waals surface area contributed by atoms with Gasteiger partial charge in [-0.15, -0.1) is 5.10 Å². The molecule has 0 saturated carbocycles. The first-order chi connectivity index (χ1) is 17.3. The van der Waals surface area contributed by atoms with Crippen LogP contribution >= 0.6 is 23.4 Å². The number of halogens is 1. The van der Waals surface area contributed by atoms with Crippen molar-refractivity contribution in [3.63, 3.8) is 0 Å². The number of carbonyl (C=O) groups is 1. The van der Waals surface area contributed by atoms with Gasteiger partial charge in [-0.05, 0) is 68.7 Å². The smallest absolute Gasteiger partial charge is 0.273 e. The molecule has 0 aliphatic rings. The topological polar surface area (TPSA) is 94.8 Å². The predicted octanol–water partition coefficient (Wildman–Crippen LogP) is 4.91. The summed E-state index contributed by atoms with van der Waals surface area (Å²) in [6.07, 6.45) is 0.658. The maximum absolute atomic E-state index is 13.1. The predicted molar refractivity (Wildman–Crippen MR) is 141 cm³/mol. The number of thioether (sulfide) groups is 1. The van der Waals surface area contributed by atoms with Gasteiger partial charge in [0.25, 0.3) is 5.91 Å². The number of aryl methyl sites for hydroxylation is 3. The number of aromatic nitrogens is 5. The third-order valence-corrected chi connectivity index (χ3v) is 6.78. The highest BCUT2D eigenvalue weighted by molar-refractivity contribution is 7.98. The van der Waals surface area contributed by atoms with Crippen LogP contribution < -0.4 is 10.1 Å². The molecular weight excluding hydrogens is 496 g/mol. The van der Waals surface area contributed by atoms with Crippen LogP contribution in [0.1, 0.15) is 38.7 Å². The fourth-order valence-corrected chi connectivity index (χ4v) is 4.77. The quantitative estimate of drug-likeness (QED) is 0.246. The van der Waals surface area contributed by atoms with Crippen molar-refractivity contribution in [3.05, 3.63) is 87.5 Å². The lowest BCUT2D eigenvalue weighted by molar-refractivity contribution is 0.0948. The number of ether oxygens (including phenoxy) is 1. The molecule has 36 heavy (non-hydrogen) atoms. The molecule has 1 N–H and O–H groups in total. The lowest BCUT2D eigenvalue weighted by Gasteiger charge is -2.10. The van der Waals surface area contributed by atoms with Gasteiger partial charge in [-0.1, -0.05) is 46.8 Å². The summed E-state index contributed by atoms with van der Waals surface area (Å²) in [6, 6.07) is 15.3. The van der Waals surface area contributed by atoms with E-state index in [1.165, 1.54) is 11.8 Å². The Morgan fingerprint density at radius 3 is 2.58 bits per heavy atom. The van der Waals surface area contributed by atoms with E-state index in [4.69, 9.17) is 16.3 Å². The van der Waals surface area contributed by atoms with Gasteiger partial charge in [0.1, 0.15) is 5.75 Å². The number of hydrogen-bond donors (Lipinski definition) is 1. The van der Waals surface area contributed by atoms with E-state index >= 15 is 0 Å². The SMILES string of the molecule is COc1cccc(CCNC(=O)c2nnn(-c3ccc(C)c(Cl)c3)c2CSc2nc(C)cc(C)n2)c1. The summed E-state index contributed by atoms with van der Waals surface area (Å²) in [4.78, 5) is 22.2. The highest BCUT2D eigenvalue weighted by Gasteiger charge is 2.21. The van der Waals surface area contributed by atoms with Gasteiger partial charge < -0.3 is 10.1 Å². The number of hydrogen-bond acceptors (Lipinski definition) is 7. The number of carbonyl (C=O) groups excluding carboxylic acids is 1. The van der Waals surface area contributed by atoms with Crippen LogP contribution in [-0.2, 0) is 12.2 Å². The Kier molecular flexibility index (Phi) is 8.22. The van der Waals surface area contributed by atoms with Crippen LogP contribution in [0.25, 0.3) is 5.69 Å². The van der Waals surface area contributed by atoms with E-state index in [2.05, 4.69) is 25.6 Å². The van der Waals surface area contributed by atoms with Crippen molar-refractivity contribution < 1.29 is 9.53 Å². The van der Waals surface area contributed by atoms with Crippen molar-refractivity contribution in [2.45, 2.75) is 38.1 Å². The highest BCUT2D eigenvalue weighted by Crippen LogP contribution is 2.26. The average molecular weight is 523 g/mol. The van der Waals surface area contributed by atoms with Crippen molar-refractivity contribution >= 4 is 29.3 Å². The molecule has 0 bridgehead atoms. The van der Waals surface area contributed by atoms with Crippen LogP contribution in [0.15, 0.2) is 53.7 Å². The molecule has 0 aliphatic heterocycles. The molecule has 0 radical (unpaired) electrons. The van der Waals surface area contributed by atoms with Crippen LogP contribution in [0.2, 0.25) is 5.02 Å². The van der Waals surface area contributed by atoms with Crippen LogP contribution in [0.4, 0.5) is 0 Å². The maximum atomic E-state index is 13.1. The number of methoxy groups -OCH3 is 1. The zero-order chi connectivity index (χ0) is 25.7. The van der Waals surface area contributed by atoms with E-state index in [-0.39, 0.29) is 11.6 Å². The molecule has 10 heteroatoms. The molecule has 0 fully saturated rings. The van der Waals surface area contributed by atoms with Crippen LogP contribution in [0.5, 0.6) is 5.75 Å². The Balaban J connectivity index is 1.56. The Bertz CT molecular complexity index is 1370. The summed E-state index contributed by atoms with van der Waals surface area (Å²) in [5.41, 5.74) is 5.42. The lowest BCUT2D eigenvalue weighted by atomic mass is 10.1. The molecule has 0 spiro atoms. The van der Waals surface area contributed by atoms with E-state index in [9.17, 15) is 4.79 Å². The van der Waals surface area contributed by atoms with Crippen molar-refractivity contribution in [1.82, 2.24) is 30.3 Å². The van der Waals surface area contributed by atoms with E-state index < -0.39 is 0 Å². The third-order valence-electron chi connectivity index (χ3n) is 5.51. The minimum Gasteiger partial charge on any atom is -0.497 e. The van der Waals surface area contributed by atoms with E-state index in [1.807, 2.05) is 69.3 Å². The molecular formula is C26H27ClN6O2S. The van der Waals surface area contributed by atoms with Gasteiger partial charge in [0.05, 0.1) is 18.5 Å². The summed E-state index contributed by atoms with van der Waals surface area (Å²) in [7, 11) is 1.63. The van der Waals surface area contributed by atoms with Crippen LogP contribution in [0, 0.1) is 20.8 Å². The fraction of sp³-hybridized carbons (Fsp3) is 0.269. The van der Waals surface area contributed by atoms with Gasteiger partial charge in [0, 0.05) is 28.7 Å². The molecule has 8 nitrogen and oxygen atoms in total. The van der Waals surface area contributed by atoms with E-state index in [0.29, 0.717) is 34.6 Å². The Morgan fingerprint density at radius 2 is 1.86 bits per heavy atom. The zero-order valence-electron chi connectivity index (χ0n) is 20.6. The Morgan fingerprint density at radius 1 is 1.08 bits per heavy atom. The first-order valence-corrected chi connectivity index (χ1v) is 12.8. The van der Waals surface area contributed by atoms with Crippen molar-refractivity contribution in [2.75, 3.05) is 13.7 Å². The summed E-state index contributed by atoms with van der Waals surface area (Å²) >= 11 is 7.80. The summed E-state index contributed by atoms with van der Waals surface area (Å²) in [6.45, 7) is 6.24. The maximum Gasteiger partial charge on any atom is 0.273 e. The molecule has 0 saturated heterocycles. The molecule has 0 atom stereocenters. The fourth-order valence-electron chi connectivity index (χ4n) is 3.65. The molecule has 186 valence electrons. The van der Waals surface area contributed by atoms with Gasteiger partial charge in [0.2, 0.25) is 0 Å². The highest BCUT2D eigenvalue weighted by atomic mass is 35.5. The summed E-state index contributed by atoms with van der Waals surface area (Å²) < 4.78 is 6.93. The molecule has 2 aromatic carbocycles. The number of amides is 1. The average Bonchev–Trinajstić information content (AvgIpc) is 3.28. The second kappa shape index (κ2) is 11.5. The normalized spacial score (nSPS) is 10.9. The second-order valence-corrected chi connectivity index (χ2v) is 9.66. The van der Waals surface area contributed by atoms with E-state index in [0.717, 1.165) is 34.0 Å². The number of rotatable bonds is 9. The second-order valence-electron chi connectivity index (χ2n) is 8.31. The molecule has 1 amide bonds. The number of benzene rings is 2. The van der Waals surface area contributed by atoms with Crippen molar-refractivity contribution in [2.24, 2.45) is 0 Å². The minimum atomic E-state index is -0.292. The first kappa shape index (κ1) is 25.7. The Hall–Kier alpha value is -3.43. The van der Waals surface area contributed by atoms with E-state index in [1.54, 1.807) is 11.8 Å². The van der Waals surface area contributed by atoms with Gasteiger partial charge in [-0.3, -0.25) is 4.79 Å². The first-order valence-electron chi connectivity index (χ1n) is 11.4. The van der Waals surface area contributed by atoms with Gasteiger partial charge in [0.15, 0.2) is 10.9 Å². The van der Waals surface area contributed by atoms with Crippen LogP contribution in [-0.4, -0.2) is 44.5 Å². The van der Waals surface area contributed by atoms with Crippen molar-refractivity contribution in [1.29, 1.82) is 0 Å². The molecule has 0 unspecified atom stereocenters. The zero-order valence-corrected chi connectivity index (χ0v) is 22.2. The monoisotopic (exact) mass is 522 g/mol. The standard InChI is InChI=1S/C26H27ClN6O2S/c1-16-8-9-20(14-22(16)27)33-23(15-36-26-29-17(2)12-18(3)30-26)24(31-32-33)25(34)28-11-10-19-6-5-7-21(13-19)35-4/h5-9,12-14H,10-11,15H2,1-4H3,(H,28,34). The number of nitrogens with zero attached hydrogens (tertiary/aromatic N) is 5. The molecule has 4 rings (SSSR count). The Labute approximate surface area is 219 Å². The third kappa shape index (κ3) is 6.22.